The van der Waals surface area contributed by atoms with Crippen molar-refractivity contribution in [3.05, 3.63) is 0 Å². The minimum atomic E-state index is -2.84. The Morgan fingerprint density at radius 3 is 2.39 bits per heavy atom. The third kappa shape index (κ3) is 2.90. The van der Waals surface area contributed by atoms with Gasteiger partial charge in [-0.3, -0.25) is 0 Å². The average Bonchev–Trinajstić information content (AvgIpc) is 2.69. The lowest BCUT2D eigenvalue weighted by Crippen LogP contribution is -2.35. The normalized spacial score (nSPS) is 42.1. The van der Waals surface area contributed by atoms with E-state index >= 15 is 0 Å². The first-order chi connectivity index (χ1) is 8.43. The van der Waals surface area contributed by atoms with Crippen LogP contribution in [0.15, 0.2) is 0 Å². The van der Waals surface area contributed by atoms with Gasteiger partial charge in [-0.05, 0) is 50.5 Å². The van der Waals surface area contributed by atoms with Crippen molar-refractivity contribution in [3.63, 3.8) is 0 Å². The van der Waals surface area contributed by atoms with Crippen molar-refractivity contribution in [1.82, 2.24) is 5.32 Å². The van der Waals surface area contributed by atoms with E-state index < -0.39 is 9.84 Å². The van der Waals surface area contributed by atoms with E-state index in [4.69, 9.17) is 0 Å². The maximum atomic E-state index is 11.7. The van der Waals surface area contributed by atoms with Crippen molar-refractivity contribution < 1.29 is 8.42 Å². The minimum absolute atomic E-state index is 0.0721. The van der Waals surface area contributed by atoms with E-state index in [1.807, 2.05) is 7.05 Å². The van der Waals surface area contributed by atoms with E-state index in [0.29, 0.717) is 17.9 Å². The van der Waals surface area contributed by atoms with E-state index in [1.165, 1.54) is 25.5 Å². The molecule has 0 heterocycles. The Balaban J connectivity index is 2.02. The number of nitrogens with one attached hydrogen (secondary N) is 1. The van der Waals surface area contributed by atoms with Crippen molar-refractivity contribution in [3.8, 4) is 0 Å². The molecule has 1 N–H and O–H groups in total. The molecule has 106 valence electrons. The van der Waals surface area contributed by atoms with Crippen molar-refractivity contribution in [2.45, 2.75) is 56.7 Å². The predicted octanol–water partition coefficient (Wildman–Crippen LogP) is 2.22. The topological polar surface area (TPSA) is 46.2 Å². The van der Waals surface area contributed by atoms with Crippen LogP contribution in [0.4, 0.5) is 0 Å². The first kappa shape index (κ1) is 14.3. The fourth-order valence-electron chi connectivity index (χ4n) is 4.23. The summed E-state index contributed by atoms with van der Waals surface area (Å²) in [5.41, 5.74) is 0. The van der Waals surface area contributed by atoms with E-state index in [9.17, 15) is 8.42 Å². The quantitative estimate of drug-likeness (QED) is 0.857. The van der Waals surface area contributed by atoms with Crippen LogP contribution in [0.1, 0.15) is 45.4 Å². The molecule has 2 rings (SSSR count). The van der Waals surface area contributed by atoms with Crippen LogP contribution in [0, 0.1) is 17.8 Å². The van der Waals surface area contributed by atoms with E-state index in [-0.39, 0.29) is 5.25 Å². The summed E-state index contributed by atoms with van der Waals surface area (Å²) in [6.07, 6.45) is 8.05. The molecular formula is C14H27NO2S. The molecule has 0 aliphatic heterocycles. The van der Waals surface area contributed by atoms with Gasteiger partial charge in [0.2, 0.25) is 0 Å². The van der Waals surface area contributed by atoms with Crippen LogP contribution in [-0.4, -0.2) is 33.0 Å². The molecule has 0 amide bonds. The van der Waals surface area contributed by atoms with Crippen molar-refractivity contribution in [1.29, 1.82) is 0 Å². The molecule has 2 saturated carbocycles. The van der Waals surface area contributed by atoms with Gasteiger partial charge < -0.3 is 5.32 Å². The molecule has 0 aromatic heterocycles. The van der Waals surface area contributed by atoms with Crippen LogP contribution in [0.3, 0.4) is 0 Å². The number of rotatable bonds is 3. The highest BCUT2D eigenvalue weighted by Crippen LogP contribution is 2.43. The second-order valence-electron chi connectivity index (χ2n) is 6.37. The highest BCUT2D eigenvalue weighted by Gasteiger charge is 2.40. The highest BCUT2D eigenvalue weighted by molar-refractivity contribution is 7.91. The van der Waals surface area contributed by atoms with Crippen LogP contribution < -0.4 is 5.32 Å². The summed E-state index contributed by atoms with van der Waals surface area (Å²) in [6.45, 7) is 2.34. The standard InChI is InChI=1S/C14H27NO2S/c1-10-13(7-8-14(10)15-2)11-5-4-6-12(9-11)18(3,16)17/h10-15H,4-9H2,1-3H3. The highest BCUT2D eigenvalue weighted by atomic mass is 32.2. The molecule has 4 heteroatoms. The Morgan fingerprint density at radius 1 is 1.11 bits per heavy atom. The Bertz CT molecular complexity index is 379. The van der Waals surface area contributed by atoms with Gasteiger partial charge in [0.15, 0.2) is 0 Å². The van der Waals surface area contributed by atoms with Crippen LogP contribution in [-0.2, 0) is 9.84 Å². The van der Waals surface area contributed by atoms with Crippen LogP contribution in [0.5, 0.6) is 0 Å². The van der Waals surface area contributed by atoms with Gasteiger partial charge in [0, 0.05) is 12.3 Å². The van der Waals surface area contributed by atoms with Gasteiger partial charge in [-0.1, -0.05) is 19.8 Å². The Hall–Kier alpha value is -0.0900. The summed E-state index contributed by atoms with van der Waals surface area (Å²) in [5.74, 6) is 2.05. The van der Waals surface area contributed by atoms with Gasteiger partial charge in [-0.2, -0.15) is 0 Å². The van der Waals surface area contributed by atoms with E-state index in [2.05, 4.69) is 12.2 Å². The largest absolute Gasteiger partial charge is 0.317 e. The zero-order valence-electron chi connectivity index (χ0n) is 11.9. The molecule has 5 atom stereocenters. The van der Waals surface area contributed by atoms with Gasteiger partial charge in [0.1, 0.15) is 9.84 Å². The van der Waals surface area contributed by atoms with Gasteiger partial charge in [0.25, 0.3) is 0 Å². The molecule has 2 aliphatic carbocycles. The van der Waals surface area contributed by atoms with Gasteiger partial charge in [-0.15, -0.1) is 0 Å². The van der Waals surface area contributed by atoms with Crippen LogP contribution >= 0.6 is 0 Å². The summed E-state index contributed by atoms with van der Waals surface area (Å²) in [4.78, 5) is 0. The molecule has 0 aromatic rings. The Labute approximate surface area is 112 Å². The molecule has 2 fully saturated rings. The second-order valence-corrected chi connectivity index (χ2v) is 8.70. The molecule has 18 heavy (non-hydrogen) atoms. The molecule has 0 spiro atoms. The molecule has 5 unspecified atom stereocenters. The smallest absolute Gasteiger partial charge is 0.150 e. The zero-order valence-corrected chi connectivity index (χ0v) is 12.7. The zero-order chi connectivity index (χ0) is 13.3. The third-order valence-corrected chi connectivity index (χ3v) is 7.01. The monoisotopic (exact) mass is 273 g/mol. The summed E-state index contributed by atoms with van der Waals surface area (Å²) in [5, 5.41) is 3.33. The average molecular weight is 273 g/mol. The molecule has 3 nitrogen and oxygen atoms in total. The SMILES string of the molecule is CNC1CCC(C2CCCC(S(C)(=O)=O)C2)C1C. The summed E-state index contributed by atoms with van der Waals surface area (Å²) in [7, 11) is -0.795. The fraction of sp³-hybridized carbons (Fsp3) is 1.00. The molecule has 0 saturated heterocycles. The van der Waals surface area contributed by atoms with Gasteiger partial charge >= 0.3 is 0 Å². The maximum Gasteiger partial charge on any atom is 0.150 e. The number of hydrogen-bond acceptors (Lipinski definition) is 3. The van der Waals surface area contributed by atoms with E-state index in [0.717, 1.165) is 25.2 Å². The van der Waals surface area contributed by atoms with E-state index in [1.54, 1.807) is 0 Å². The molecule has 0 aromatic carbocycles. The molecular weight excluding hydrogens is 246 g/mol. The Kier molecular flexibility index (Phi) is 4.37. The number of hydrogen-bond donors (Lipinski definition) is 1. The summed E-state index contributed by atoms with van der Waals surface area (Å²) >= 11 is 0. The van der Waals surface area contributed by atoms with Crippen LogP contribution in [0.2, 0.25) is 0 Å². The van der Waals surface area contributed by atoms with Gasteiger partial charge in [-0.25, -0.2) is 8.42 Å². The van der Waals surface area contributed by atoms with Crippen molar-refractivity contribution >= 4 is 9.84 Å². The number of sulfone groups is 1. The van der Waals surface area contributed by atoms with Crippen molar-refractivity contribution in [2.75, 3.05) is 13.3 Å². The fourth-order valence-corrected chi connectivity index (χ4v) is 5.42. The second kappa shape index (κ2) is 5.49. The lowest BCUT2D eigenvalue weighted by Gasteiger charge is -2.34. The minimum Gasteiger partial charge on any atom is -0.317 e. The summed E-state index contributed by atoms with van der Waals surface area (Å²) in [6, 6.07) is 0.633. The van der Waals surface area contributed by atoms with Crippen LogP contribution in [0.25, 0.3) is 0 Å². The lowest BCUT2D eigenvalue weighted by molar-refractivity contribution is 0.202. The lowest BCUT2D eigenvalue weighted by atomic mass is 9.75. The van der Waals surface area contributed by atoms with Crippen molar-refractivity contribution in [2.24, 2.45) is 17.8 Å². The molecule has 0 bridgehead atoms. The maximum absolute atomic E-state index is 11.7. The first-order valence-corrected chi connectivity index (χ1v) is 9.25. The predicted molar refractivity (Wildman–Crippen MR) is 75.3 cm³/mol. The van der Waals surface area contributed by atoms with Gasteiger partial charge in [0.05, 0.1) is 5.25 Å². The molecule has 2 aliphatic rings. The summed E-state index contributed by atoms with van der Waals surface area (Å²) < 4.78 is 23.5. The Morgan fingerprint density at radius 2 is 1.83 bits per heavy atom. The molecule has 0 radical (unpaired) electrons. The third-order valence-electron chi connectivity index (χ3n) is 5.37. The first-order valence-electron chi connectivity index (χ1n) is 7.29.